The van der Waals surface area contributed by atoms with Crippen molar-refractivity contribution >= 4 is 15.7 Å². The lowest BCUT2D eigenvalue weighted by molar-refractivity contribution is 0.0392. The number of morpholine rings is 1. The van der Waals surface area contributed by atoms with Crippen molar-refractivity contribution in [2.75, 3.05) is 25.5 Å². The van der Waals surface area contributed by atoms with Crippen molar-refractivity contribution < 1.29 is 13.2 Å². The number of nitrogens with zero attached hydrogens (tertiary/aromatic N) is 2. The van der Waals surface area contributed by atoms with E-state index in [2.05, 4.69) is 4.98 Å². The zero-order valence-electron chi connectivity index (χ0n) is 9.54. The number of hydrogen-bond donors (Lipinski definition) is 1. The van der Waals surface area contributed by atoms with E-state index < -0.39 is 10.0 Å². The van der Waals surface area contributed by atoms with Gasteiger partial charge in [0.25, 0.3) is 10.0 Å². The highest BCUT2D eigenvalue weighted by molar-refractivity contribution is 7.89. The van der Waals surface area contributed by atoms with E-state index in [0.717, 1.165) is 0 Å². The Hall–Kier alpha value is -1.18. The van der Waals surface area contributed by atoms with E-state index in [9.17, 15) is 8.42 Å². The minimum atomic E-state index is -3.62. The van der Waals surface area contributed by atoms with E-state index in [1.54, 1.807) is 13.0 Å². The van der Waals surface area contributed by atoms with Gasteiger partial charge in [-0.25, -0.2) is 13.4 Å². The van der Waals surface area contributed by atoms with Gasteiger partial charge in [0.15, 0.2) is 5.03 Å². The summed E-state index contributed by atoms with van der Waals surface area (Å²) in [5, 5.41) is -0.0752. The van der Waals surface area contributed by atoms with Crippen molar-refractivity contribution in [3.63, 3.8) is 0 Å². The monoisotopic (exact) mass is 257 g/mol. The number of anilines is 1. The first-order chi connectivity index (χ1) is 8.03. The van der Waals surface area contributed by atoms with Gasteiger partial charge in [-0.1, -0.05) is 0 Å². The molecule has 94 valence electrons. The van der Waals surface area contributed by atoms with Crippen LogP contribution in [0.5, 0.6) is 0 Å². The maximum absolute atomic E-state index is 12.3. The van der Waals surface area contributed by atoms with Crippen LogP contribution in [0.15, 0.2) is 23.4 Å². The van der Waals surface area contributed by atoms with Crippen LogP contribution in [0.3, 0.4) is 0 Å². The molecule has 1 atom stereocenters. The Morgan fingerprint density at radius 1 is 1.59 bits per heavy atom. The lowest BCUT2D eigenvalue weighted by Crippen LogP contribution is -2.47. The van der Waals surface area contributed by atoms with Crippen LogP contribution in [0, 0.1) is 0 Å². The molecule has 1 aromatic heterocycles. The predicted molar refractivity (Wildman–Crippen MR) is 62.8 cm³/mol. The number of sulfonamides is 1. The number of nitrogens with two attached hydrogens (primary N) is 1. The summed E-state index contributed by atoms with van der Waals surface area (Å²) < 4.78 is 31.3. The van der Waals surface area contributed by atoms with Gasteiger partial charge in [-0.15, -0.1) is 0 Å². The second-order valence-electron chi connectivity index (χ2n) is 3.94. The molecule has 2 N–H and O–H groups in total. The Kier molecular flexibility index (Phi) is 3.32. The molecule has 1 fully saturated rings. The fraction of sp³-hybridized carbons (Fsp3) is 0.500. The SMILES string of the molecule is CC1COCCN1S(=O)(=O)c1ncccc1N. The van der Waals surface area contributed by atoms with Gasteiger partial charge in [-0.2, -0.15) is 4.31 Å². The van der Waals surface area contributed by atoms with Crippen molar-refractivity contribution in [3.8, 4) is 0 Å². The molecule has 6 nitrogen and oxygen atoms in total. The molecule has 1 aliphatic heterocycles. The highest BCUT2D eigenvalue weighted by Crippen LogP contribution is 2.22. The van der Waals surface area contributed by atoms with Crippen LogP contribution in [0.1, 0.15) is 6.92 Å². The zero-order valence-corrected chi connectivity index (χ0v) is 10.4. The first kappa shape index (κ1) is 12.3. The average molecular weight is 257 g/mol. The second-order valence-corrected chi connectivity index (χ2v) is 5.74. The van der Waals surface area contributed by atoms with Crippen LogP contribution >= 0.6 is 0 Å². The van der Waals surface area contributed by atoms with Crippen molar-refractivity contribution in [1.82, 2.24) is 9.29 Å². The highest BCUT2D eigenvalue weighted by Gasteiger charge is 2.33. The van der Waals surface area contributed by atoms with Crippen LogP contribution in [0.2, 0.25) is 0 Å². The van der Waals surface area contributed by atoms with Gasteiger partial charge in [0.2, 0.25) is 0 Å². The lowest BCUT2D eigenvalue weighted by atomic mass is 10.3. The Labute approximate surface area is 100 Å². The molecule has 0 radical (unpaired) electrons. The maximum atomic E-state index is 12.3. The van der Waals surface area contributed by atoms with Gasteiger partial charge in [-0.05, 0) is 19.1 Å². The number of nitrogen functional groups attached to an aromatic ring is 1. The van der Waals surface area contributed by atoms with E-state index in [1.807, 2.05) is 0 Å². The van der Waals surface area contributed by atoms with Gasteiger partial charge < -0.3 is 10.5 Å². The van der Waals surface area contributed by atoms with E-state index >= 15 is 0 Å². The second kappa shape index (κ2) is 4.59. The standard InChI is InChI=1S/C10H15N3O3S/c1-8-7-16-6-5-13(8)17(14,15)10-9(11)3-2-4-12-10/h2-4,8H,5-7,11H2,1H3. The summed E-state index contributed by atoms with van der Waals surface area (Å²) in [5.41, 5.74) is 5.83. The summed E-state index contributed by atoms with van der Waals surface area (Å²) in [6, 6.07) is 2.94. The molecule has 2 heterocycles. The van der Waals surface area contributed by atoms with Gasteiger partial charge in [0.1, 0.15) is 0 Å². The molecule has 0 aliphatic carbocycles. The third-order valence-corrected chi connectivity index (χ3v) is 4.65. The molecular weight excluding hydrogens is 242 g/mol. The normalized spacial score (nSPS) is 22.5. The fourth-order valence-corrected chi connectivity index (χ4v) is 3.43. The molecule has 0 saturated carbocycles. The molecule has 17 heavy (non-hydrogen) atoms. The van der Waals surface area contributed by atoms with Crippen molar-refractivity contribution in [2.45, 2.75) is 18.0 Å². The summed E-state index contributed by atoms with van der Waals surface area (Å²) in [5.74, 6) is 0. The highest BCUT2D eigenvalue weighted by atomic mass is 32.2. The van der Waals surface area contributed by atoms with E-state index in [4.69, 9.17) is 10.5 Å². The number of rotatable bonds is 2. The molecule has 7 heteroatoms. The fourth-order valence-electron chi connectivity index (χ4n) is 1.80. The van der Waals surface area contributed by atoms with Crippen LogP contribution in [-0.4, -0.2) is 43.5 Å². The molecule has 2 rings (SSSR count). The van der Waals surface area contributed by atoms with E-state index in [-0.39, 0.29) is 16.8 Å². The summed E-state index contributed by atoms with van der Waals surface area (Å²) in [4.78, 5) is 3.86. The van der Waals surface area contributed by atoms with E-state index in [1.165, 1.54) is 16.6 Å². The van der Waals surface area contributed by atoms with Crippen LogP contribution in [0.25, 0.3) is 0 Å². The lowest BCUT2D eigenvalue weighted by Gasteiger charge is -2.31. The minimum Gasteiger partial charge on any atom is -0.396 e. The summed E-state index contributed by atoms with van der Waals surface area (Å²) >= 11 is 0. The van der Waals surface area contributed by atoms with Crippen molar-refractivity contribution in [1.29, 1.82) is 0 Å². The first-order valence-electron chi connectivity index (χ1n) is 5.33. The van der Waals surface area contributed by atoms with E-state index in [0.29, 0.717) is 19.8 Å². The molecule has 1 saturated heterocycles. The van der Waals surface area contributed by atoms with Gasteiger partial charge >= 0.3 is 0 Å². The van der Waals surface area contributed by atoms with Gasteiger partial charge in [0.05, 0.1) is 18.9 Å². The smallest absolute Gasteiger partial charge is 0.263 e. The predicted octanol–water partition coefficient (Wildman–Crippen LogP) is 0.0732. The van der Waals surface area contributed by atoms with Crippen LogP contribution in [0.4, 0.5) is 5.69 Å². The zero-order chi connectivity index (χ0) is 12.5. The molecule has 0 bridgehead atoms. The van der Waals surface area contributed by atoms with Crippen molar-refractivity contribution in [2.24, 2.45) is 0 Å². The van der Waals surface area contributed by atoms with Crippen LogP contribution < -0.4 is 5.73 Å². The number of ether oxygens (including phenoxy) is 1. The topological polar surface area (TPSA) is 85.5 Å². The number of pyridine rings is 1. The van der Waals surface area contributed by atoms with Gasteiger partial charge in [-0.3, -0.25) is 0 Å². The third-order valence-electron chi connectivity index (χ3n) is 2.66. The largest absolute Gasteiger partial charge is 0.396 e. The molecule has 0 aromatic carbocycles. The Bertz CT molecular complexity index is 503. The Balaban J connectivity index is 2.39. The number of aromatic nitrogens is 1. The number of hydrogen-bond acceptors (Lipinski definition) is 5. The Morgan fingerprint density at radius 2 is 2.35 bits per heavy atom. The summed E-state index contributed by atoms with van der Waals surface area (Å²) in [7, 11) is -3.62. The molecule has 1 aromatic rings. The molecule has 0 spiro atoms. The van der Waals surface area contributed by atoms with Crippen LogP contribution in [-0.2, 0) is 14.8 Å². The van der Waals surface area contributed by atoms with Gasteiger partial charge in [0, 0.05) is 18.8 Å². The van der Waals surface area contributed by atoms with Crippen molar-refractivity contribution in [3.05, 3.63) is 18.3 Å². The Morgan fingerprint density at radius 3 is 3.00 bits per heavy atom. The summed E-state index contributed by atoms with van der Waals surface area (Å²) in [6.07, 6.45) is 1.42. The third kappa shape index (κ3) is 2.26. The molecule has 1 unspecified atom stereocenters. The minimum absolute atomic E-state index is 0.0752. The molecule has 0 amide bonds. The summed E-state index contributed by atoms with van der Waals surface area (Å²) in [6.45, 7) is 2.93. The quantitative estimate of drug-likeness (QED) is 0.810. The molecular formula is C10H15N3O3S. The average Bonchev–Trinajstić information content (AvgIpc) is 2.29. The maximum Gasteiger partial charge on any atom is 0.263 e. The first-order valence-corrected chi connectivity index (χ1v) is 6.77. The molecule has 1 aliphatic rings.